The van der Waals surface area contributed by atoms with Gasteiger partial charge < -0.3 is 29.0 Å². The largest absolute Gasteiger partial charge is 0.493 e. The summed E-state index contributed by atoms with van der Waals surface area (Å²) in [4.78, 5) is 12.9. The highest BCUT2D eigenvalue weighted by atomic mass is 32.2. The standard InChI is InChI=1S/C23H27NO6S/c1-23(22(25)24-16-6-9-19(26-2)20(10-16)27-3)13-28-21(29-14-23)15-4-7-17(8-5-15)30-18-11-31-12-18/h4-10,18,21H,11-14H2,1-3H3,(H,24,25). The highest BCUT2D eigenvalue weighted by Crippen LogP contribution is 2.35. The third-order valence-corrected chi connectivity index (χ3v) is 6.57. The molecule has 0 spiro atoms. The Bertz CT molecular complexity index is 907. The zero-order valence-corrected chi connectivity index (χ0v) is 18.7. The lowest BCUT2D eigenvalue weighted by atomic mass is 9.90. The van der Waals surface area contributed by atoms with Crippen molar-refractivity contribution < 1.29 is 28.5 Å². The first-order valence-electron chi connectivity index (χ1n) is 10.1. The quantitative estimate of drug-likeness (QED) is 0.693. The van der Waals surface area contributed by atoms with E-state index < -0.39 is 11.7 Å². The summed E-state index contributed by atoms with van der Waals surface area (Å²) in [7, 11) is 3.12. The van der Waals surface area contributed by atoms with E-state index in [9.17, 15) is 4.79 Å². The van der Waals surface area contributed by atoms with Gasteiger partial charge in [-0.2, -0.15) is 11.8 Å². The van der Waals surface area contributed by atoms with Crippen LogP contribution >= 0.6 is 11.8 Å². The van der Waals surface area contributed by atoms with Crippen LogP contribution in [0, 0.1) is 5.41 Å². The Morgan fingerprint density at radius 2 is 1.71 bits per heavy atom. The number of carbonyl (C=O) groups excluding carboxylic acids is 1. The van der Waals surface area contributed by atoms with Gasteiger partial charge in [-0.3, -0.25) is 4.79 Å². The van der Waals surface area contributed by atoms with Crippen LogP contribution in [-0.2, 0) is 14.3 Å². The van der Waals surface area contributed by atoms with E-state index in [2.05, 4.69) is 5.32 Å². The van der Waals surface area contributed by atoms with Crippen LogP contribution in [0.5, 0.6) is 17.2 Å². The zero-order chi connectivity index (χ0) is 21.8. The lowest BCUT2D eigenvalue weighted by molar-refractivity contribution is -0.226. The monoisotopic (exact) mass is 445 g/mol. The van der Waals surface area contributed by atoms with Crippen molar-refractivity contribution >= 4 is 23.4 Å². The second-order valence-corrected chi connectivity index (χ2v) is 8.96. The SMILES string of the molecule is COc1ccc(NC(=O)C2(C)COC(c3ccc(OC4CSC4)cc3)OC2)cc1OC. The molecule has 2 saturated heterocycles. The second-order valence-electron chi connectivity index (χ2n) is 7.88. The number of nitrogens with one attached hydrogen (secondary N) is 1. The molecule has 0 radical (unpaired) electrons. The summed E-state index contributed by atoms with van der Waals surface area (Å²) in [5.74, 6) is 3.90. The minimum absolute atomic E-state index is 0.180. The van der Waals surface area contributed by atoms with Gasteiger partial charge in [-0.05, 0) is 31.2 Å². The van der Waals surface area contributed by atoms with Crippen LogP contribution in [-0.4, -0.2) is 51.0 Å². The van der Waals surface area contributed by atoms with E-state index in [-0.39, 0.29) is 19.1 Å². The molecule has 8 heteroatoms. The fourth-order valence-electron chi connectivity index (χ4n) is 3.31. The van der Waals surface area contributed by atoms with Crippen LogP contribution in [0.3, 0.4) is 0 Å². The van der Waals surface area contributed by atoms with E-state index in [1.807, 2.05) is 43.0 Å². The lowest BCUT2D eigenvalue weighted by Gasteiger charge is -2.36. The van der Waals surface area contributed by atoms with Crippen molar-refractivity contribution in [3.8, 4) is 17.2 Å². The number of benzene rings is 2. The van der Waals surface area contributed by atoms with Crippen molar-refractivity contribution in [2.45, 2.75) is 19.3 Å². The number of hydrogen-bond donors (Lipinski definition) is 1. The van der Waals surface area contributed by atoms with Crippen LogP contribution < -0.4 is 19.5 Å². The van der Waals surface area contributed by atoms with E-state index in [4.69, 9.17) is 23.7 Å². The van der Waals surface area contributed by atoms with Crippen molar-refractivity contribution in [2.75, 3.05) is 44.3 Å². The number of amides is 1. The van der Waals surface area contributed by atoms with Crippen LogP contribution in [0.2, 0.25) is 0 Å². The Labute approximate surface area is 186 Å². The van der Waals surface area contributed by atoms with Crippen molar-refractivity contribution in [1.29, 1.82) is 0 Å². The molecule has 0 bridgehead atoms. The van der Waals surface area contributed by atoms with E-state index in [1.165, 1.54) is 0 Å². The maximum Gasteiger partial charge on any atom is 0.235 e. The maximum absolute atomic E-state index is 12.9. The molecule has 0 atom stereocenters. The molecule has 0 aliphatic carbocycles. The molecule has 1 N–H and O–H groups in total. The van der Waals surface area contributed by atoms with Crippen molar-refractivity contribution in [3.63, 3.8) is 0 Å². The number of carbonyl (C=O) groups is 1. The molecule has 2 aromatic rings. The first kappa shape index (κ1) is 21.8. The third kappa shape index (κ3) is 4.92. The van der Waals surface area contributed by atoms with Crippen molar-refractivity contribution in [1.82, 2.24) is 0 Å². The molecule has 2 heterocycles. The van der Waals surface area contributed by atoms with E-state index in [0.717, 1.165) is 22.8 Å². The summed E-state index contributed by atoms with van der Waals surface area (Å²) >= 11 is 1.89. The predicted octanol–water partition coefficient (Wildman–Crippen LogP) is 3.89. The molecule has 2 fully saturated rings. The Kier molecular flexibility index (Phi) is 6.60. The van der Waals surface area contributed by atoms with Crippen LogP contribution in [0.15, 0.2) is 42.5 Å². The zero-order valence-electron chi connectivity index (χ0n) is 17.9. The summed E-state index contributed by atoms with van der Waals surface area (Å²) < 4.78 is 28.2. The minimum atomic E-state index is -0.811. The van der Waals surface area contributed by atoms with Crippen molar-refractivity contribution in [2.24, 2.45) is 5.41 Å². The molecule has 2 aromatic carbocycles. The van der Waals surface area contributed by atoms with Crippen LogP contribution in [0.1, 0.15) is 18.8 Å². The fourth-order valence-corrected chi connectivity index (χ4v) is 3.87. The number of thioether (sulfide) groups is 1. The molecule has 0 aromatic heterocycles. The van der Waals surface area contributed by atoms with Crippen molar-refractivity contribution in [3.05, 3.63) is 48.0 Å². The summed E-state index contributed by atoms with van der Waals surface area (Å²) in [5, 5.41) is 2.92. The highest BCUT2D eigenvalue weighted by molar-refractivity contribution is 8.00. The third-order valence-electron chi connectivity index (χ3n) is 5.36. The molecule has 7 nitrogen and oxygen atoms in total. The summed E-state index contributed by atoms with van der Waals surface area (Å²) in [6.07, 6.45) is -0.196. The Balaban J connectivity index is 1.34. The Morgan fingerprint density at radius 1 is 1.03 bits per heavy atom. The van der Waals surface area contributed by atoms with Gasteiger partial charge in [0.15, 0.2) is 17.8 Å². The summed E-state index contributed by atoms with van der Waals surface area (Å²) in [6, 6.07) is 13.0. The van der Waals surface area contributed by atoms with Gasteiger partial charge in [0.05, 0.1) is 32.8 Å². The van der Waals surface area contributed by atoms with Crippen LogP contribution in [0.25, 0.3) is 0 Å². The number of hydrogen-bond acceptors (Lipinski definition) is 7. The van der Waals surface area contributed by atoms with Gasteiger partial charge in [-0.15, -0.1) is 0 Å². The minimum Gasteiger partial charge on any atom is -0.493 e. The number of ether oxygens (including phenoxy) is 5. The maximum atomic E-state index is 12.9. The van der Waals surface area contributed by atoms with Gasteiger partial charge in [-0.25, -0.2) is 0 Å². The Hall–Kier alpha value is -2.42. The number of anilines is 1. The molecule has 31 heavy (non-hydrogen) atoms. The number of methoxy groups -OCH3 is 2. The first-order valence-corrected chi connectivity index (χ1v) is 11.3. The normalized spacial score (nSPS) is 23.5. The van der Waals surface area contributed by atoms with Gasteiger partial charge in [0.25, 0.3) is 0 Å². The molecule has 166 valence electrons. The molecular weight excluding hydrogens is 418 g/mol. The van der Waals surface area contributed by atoms with Gasteiger partial charge in [0, 0.05) is 28.8 Å². The average molecular weight is 446 g/mol. The molecule has 2 aliphatic rings. The van der Waals surface area contributed by atoms with Gasteiger partial charge in [0.2, 0.25) is 5.91 Å². The Morgan fingerprint density at radius 3 is 2.29 bits per heavy atom. The lowest BCUT2D eigenvalue weighted by Crippen LogP contribution is -2.45. The molecule has 0 saturated carbocycles. The van der Waals surface area contributed by atoms with E-state index >= 15 is 0 Å². The fraction of sp³-hybridized carbons (Fsp3) is 0.435. The first-order chi connectivity index (χ1) is 15.0. The molecule has 2 aliphatic heterocycles. The number of rotatable bonds is 7. The van der Waals surface area contributed by atoms with Gasteiger partial charge >= 0.3 is 0 Å². The molecular formula is C23H27NO6S. The summed E-state index contributed by atoms with van der Waals surface area (Å²) in [5.41, 5.74) is 0.707. The second kappa shape index (κ2) is 9.38. The molecule has 1 amide bonds. The topological polar surface area (TPSA) is 75.3 Å². The predicted molar refractivity (Wildman–Crippen MR) is 119 cm³/mol. The van der Waals surface area contributed by atoms with E-state index in [0.29, 0.717) is 23.3 Å². The molecule has 4 rings (SSSR count). The smallest absolute Gasteiger partial charge is 0.235 e. The average Bonchev–Trinajstić information content (AvgIpc) is 2.77. The highest BCUT2D eigenvalue weighted by Gasteiger charge is 2.40. The molecule has 0 unspecified atom stereocenters. The van der Waals surface area contributed by atoms with Gasteiger partial charge in [0.1, 0.15) is 11.9 Å². The summed E-state index contributed by atoms with van der Waals surface area (Å²) in [6.45, 7) is 2.32. The van der Waals surface area contributed by atoms with E-state index in [1.54, 1.807) is 32.4 Å². The van der Waals surface area contributed by atoms with Gasteiger partial charge in [-0.1, -0.05) is 12.1 Å². The van der Waals surface area contributed by atoms with Crippen LogP contribution in [0.4, 0.5) is 5.69 Å².